The summed E-state index contributed by atoms with van der Waals surface area (Å²) in [5.41, 5.74) is 2.60. The van der Waals surface area contributed by atoms with Crippen LogP contribution < -0.4 is 15.1 Å². The third kappa shape index (κ3) is 6.48. The van der Waals surface area contributed by atoms with Crippen molar-refractivity contribution in [3.05, 3.63) is 48.0 Å². The van der Waals surface area contributed by atoms with Crippen molar-refractivity contribution in [2.75, 3.05) is 68.8 Å². The van der Waals surface area contributed by atoms with Crippen molar-refractivity contribution < 1.29 is 19.7 Å². The summed E-state index contributed by atoms with van der Waals surface area (Å²) in [6.45, 7) is 8.03. The van der Waals surface area contributed by atoms with Crippen LogP contribution in [-0.4, -0.2) is 86.1 Å². The first-order chi connectivity index (χ1) is 18.1. The number of benzene rings is 2. The number of para-hydroxylation sites is 1. The van der Waals surface area contributed by atoms with E-state index in [2.05, 4.69) is 20.0 Å². The van der Waals surface area contributed by atoms with Crippen molar-refractivity contribution in [3.8, 4) is 11.5 Å². The van der Waals surface area contributed by atoms with Gasteiger partial charge in [0.05, 0.1) is 18.9 Å². The van der Waals surface area contributed by atoms with Crippen LogP contribution in [0.3, 0.4) is 0 Å². The molecule has 0 spiro atoms. The molecular formula is C29H40N4O4. The van der Waals surface area contributed by atoms with Crippen LogP contribution in [-0.2, 0) is 4.74 Å². The second kappa shape index (κ2) is 12.0. The highest BCUT2D eigenvalue weighted by atomic mass is 16.5. The van der Waals surface area contributed by atoms with Gasteiger partial charge in [0.2, 0.25) is 0 Å². The number of ether oxygens (including phenoxy) is 1. The standard InChI is InChI=1S/C29H40N4O4/c34-27-3-1-2-26(28(27)35)33-16-14-31(15-17-33)13-12-22-4-8-24(9-5-22)30-29(36)23-6-10-25(11-7-23)32-18-20-37-21-19-32/h1-3,6-7,10-11,22,24,34-35H,4-5,8-9,12-21H2,(H,30,36). The maximum absolute atomic E-state index is 12.8. The van der Waals surface area contributed by atoms with Crippen LogP contribution in [0.4, 0.5) is 11.4 Å². The molecule has 5 rings (SSSR count). The average Bonchev–Trinajstić information content (AvgIpc) is 2.95. The van der Waals surface area contributed by atoms with Gasteiger partial charge in [0, 0.05) is 56.6 Å². The van der Waals surface area contributed by atoms with Gasteiger partial charge in [0.25, 0.3) is 5.91 Å². The lowest BCUT2D eigenvalue weighted by atomic mass is 9.84. The lowest BCUT2D eigenvalue weighted by Crippen LogP contribution is -2.47. The van der Waals surface area contributed by atoms with Crippen LogP contribution in [0.15, 0.2) is 42.5 Å². The molecule has 3 fully saturated rings. The Hall–Kier alpha value is -2.97. The summed E-state index contributed by atoms with van der Waals surface area (Å²) >= 11 is 0. The minimum Gasteiger partial charge on any atom is -0.504 e. The molecule has 3 N–H and O–H groups in total. The fourth-order valence-electron chi connectivity index (χ4n) is 5.86. The van der Waals surface area contributed by atoms with Gasteiger partial charge in [-0.15, -0.1) is 0 Å². The van der Waals surface area contributed by atoms with E-state index in [1.165, 1.54) is 12.5 Å². The van der Waals surface area contributed by atoms with Gasteiger partial charge >= 0.3 is 0 Å². The number of anilines is 2. The highest BCUT2D eigenvalue weighted by Crippen LogP contribution is 2.36. The van der Waals surface area contributed by atoms with E-state index in [0.29, 0.717) is 11.6 Å². The van der Waals surface area contributed by atoms with Gasteiger partial charge in [0.1, 0.15) is 0 Å². The molecule has 0 unspecified atom stereocenters. The van der Waals surface area contributed by atoms with Crippen LogP contribution in [0.5, 0.6) is 11.5 Å². The Morgan fingerprint density at radius 3 is 2.27 bits per heavy atom. The maximum atomic E-state index is 12.8. The molecule has 0 atom stereocenters. The number of piperazine rings is 1. The number of phenolic OH excluding ortho intramolecular Hbond substituents is 2. The molecule has 3 aliphatic rings. The third-order valence-corrected chi connectivity index (χ3v) is 8.25. The minimum atomic E-state index is -0.0617. The first kappa shape index (κ1) is 25.7. The highest BCUT2D eigenvalue weighted by Gasteiger charge is 2.25. The van der Waals surface area contributed by atoms with E-state index < -0.39 is 0 Å². The number of aromatic hydroxyl groups is 2. The number of nitrogens with zero attached hydrogens (tertiary/aromatic N) is 3. The molecule has 1 saturated carbocycles. The number of rotatable bonds is 7. The van der Waals surface area contributed by atoms with Gasteiger partial charge in [-0.1, -0.05) is 6.07 Å². The molecule has 0 aromatic heterocycles. The van der Waals surface area contributed by atoms with Crippen LogP contribution >= 0.6 is 0 Å². The fraction of sp³-hybridized carbons (Fsp3) is 0.552. The number of amides is 1. The second-order valence-electron chi connectivity index (χ2n) is 10.6. The Labute approximate surface area is 219 Å². The zero-order valence-electron chi connectivity index (χ0n) is 21.6. The number of carbonyl (C=O) groups is 1. The molecule has 2 aliphatic heterocycles. The SMILES string of the molecule is O=C(NC1CCC(CCN2CCN(c3cccc(O)c3O)CC2)CC1)c1ccc(N2CCOCC2)cc1. The van der Waals surface area contributed by atoms with Gasteiger partial charge < -0.3 is 30.1 Å². The first-order valence-corrected chi connectivity index (χ1v) is 13.8. The lowest BCUT2D eigenvalue weighted by Gasteiger charge is -2.37. The van der Waals surface area contributed by atoms with E-state index in [1.54, 1.807) is 6.07 Å². The Balaban J connectivity index is 1.00. The van der Waals surface area contributed by atoms with Crippen molar-refractivity contribution in [1.29, 1.82) is 0 Å². The number of carbonyl (C=O) groups excluding carboxylic acids is 1. The number of morpholine rings is 1. The topological polar surface area (TPSA) is 88.5 Å². The zero-order chi connectivity index (χ0) is 25.6. The van der Waals surface area contributed by atoms with Gasteiger partial charge in [-0.05, 0) is 81.0 Å². The Bertz CT molecular complexity index is 1020. The molecule has 37 heavy (non-hydrogen) atoms. The van der Waals surface area contributed by atoms with E-state index >= 15 is 0 Å². The summed E-state index contributed by atoms with van der Waals surface area (Å²) in [4.78, 5) is 19.7. The van der Waals surface area contributed by atoms with E-state index in [4.69, 9.17) is 4.74 Å². The number of phenols is 2. The van der Waals surface area contributed by atoms with Crippen LogP contribution in [0.25, 0.3) is 0 Å². The van der Waals surface area contributed by atoms with Gasteiger partial charge in [0.15, 0.2) is 11.5 Å². The van der Waals surface area contributed by atoms with E-state index in [0.717, 1.165) is 96.0 Å². The Kier molecular flexibility index (Phi) is 8.36. The maximum Gasteiger partial charge on any atom is 0.251 e. The summed E-state index contributed by atoms with van der Waals surface area (Å²) in [5, 5.41) is 23.2. The molecular weight excluding hydrogens is 468 g/mol. The van der Waals surface area contributed by atoms with Crippen molar-refractivity contribution in [2.45, 2.75) is 38.1 Å². The summed E-state index contributed by atoms with van der Waals surface area (Å²) in [7, 11) is 0. The normalized spacial score (nSPS) is 23.1. The number of hydrogen-bond acceptors (Lipinski definition) is 7. The van der Waals surface area contributed by atoms with Gasteiger partial charge in [-0.25, -0.2) is 0 Å². The van der Waals surface area contributed by atoms with Crippen molar-refractivity contribution in [1.82, 2.24) is 10.2 Å². The molecule has 2 saturated heterocycles. The average molecular weight is 509 g/mol. The van der Waals surface area contributed by atoms with E-state index in [-0.39, 0.29) is 23.4 Å². The van der Waals surface area contributed by atoms with Crippen molar-refractivity contribution in [2.24, 2.45) is 5.92 Å². The van der Waals surface area contributed by atoms with Crippen molar-refractivity contribution >= 4 is 17.3 Å². The fourth-order valence-corrected chi connectivity index (χ4v) is 5.86. The smallest absolute Gasteiger partial charge is 0.251 e. The summed E-state index contributed by atoms with van der Waals surface area (Å²) < 4.78 is 5.42. The third-order valence-electron chi connectivity index (χ3n) is 8.25. The Morgan fingerprint density at radius 2 is 1.57 bits per heavy atom. The molecule has 1 aliphatic carbocycles. The molecule has 0 bridgehead atoms. The lowest BCUT2D eigenvalue weighted by molar-refractivity contribution is 0.0919. The molecule has 0 radical (unpaired) electrons. The van der Waals surface area contributed by atoms with Crippen LogP contribution in [0, 0.1) is 5.92 Å². The molecule has 2 heterocycles. The summed E-state index contributed by atoms with van der Waals surface area (Å²) in [5.74, 6) is 0.667. The molecule has 2 aromatic carbocycles. The van der Waals surface area contributed by atoms with Crippen LogP contribution in [0.2, 0.25) is 0 Å². The summed E-state index contributed by atoms with van der Waals surface area (Å²) in [6, 6.07) is 13.4. The predicted octanol–water partition coefficient (Wildman–Crippen LogP) is 3.44. The number of hydrogen-bond donors (Lipinski definition) is 3. The quantitative estimate of drug-likeness (QED) is 0.494. The first-order valence-electron chi connectivity index (χ1n) is 13.8. The summed E-state index contributed by atoms with van der Waals surface area (Å²) in [6.07, 6.45) is 5.62. The zero-order valence-corrected chi connectivity index (χ0v) is 21.6. The van der Waals surface area contributed by atoms with Crippen LogP contribution in [0.1, 0.15) is 42.5 Å². The second-order valence-corrected chi connectivity index (χ2v) is 10.6. The minimum absolute atomic E-state index is 0.0233. The predicted molar refractivity (Wildman–Crippen MR) is 146 cm³/mol. The molecule has 8 nitrogen and oxygen atoms in total. The molecule has 1 amide bonds. The van der Waals surface area contributed by atoms with Crippen molar-refractivity contribution in [3.63, 3.8) is 0 Å². The monoisotopic (exact) mass is 508 g/mol. The highest BCUT2D eigenvalue weighted by molar-refractivity contribution is 5.94. The molecule has 200 valence electrons. The largest absolute Gasteiger partial charge is 0.504 e. The number of nitrogens with one attached hydrogen (secondary N) is 1. The van der Waals surface area contributed by atoms with Gasteiger partial charge in [-0.2, -0.15) is 0 Å². The molecule has 8 heteroatoms. The van der Waals surface area contributed by atoms with E-state index in [1.807, 2.05) is 30.3 Å². The Morgan fingerprint density at radius 1 is 0.865 bits per heavy atom. The van der Waals surface area contributed by atoms with Gasteiger partial charge in [-0.3, -0.25) is 9.69 Å². The molecule has 2 aromatic rings. The van der Waals surface area contributed by atoms with E-state index in [9.17, 15) is 15.0 Å².